The zero-order valence-corrected chi connectivity index (χ0v) is 13.9. The normalized spacial score (nSPS) is 14.7. The zero-order chi connectivity index (χ0) is 16.9. The fraction of sp³-hybridized carbons (Fsp3) is 0.389. The number of carbonyl (C=O) groups is 2. The molecular weight excluding hydrogens is 304 g/mol. The molecule has 1 aromatic heterocycles. The smallest absolute Gasteiger partial charge is 0.251 e. The Morgan fingerprint density at radius 3 is 2.67 bits per heavy atom. The second-order valence-electron chi connectivity index (χ2n) is 6.10. The summed E-state index contributed by atoms with van der Waals surface area (Å²) in [6.07, 6.45) is 4.41. The molecule has 1 aliphatic rings. The average Bonchev–Trinajstić information content (AvgIpc) is 3.00. The maximum Gasteiger partial charge on any atom is 0.251 e. The summed E-state index contributed by atoms with van der Waals surface area (Å²) in [5.74, 6) is 0.107. The molecule has 2 amide bonds. The number of piperidine rings is 1. The number of amides is 2. The van der Waals surface area contributed by atoms with Gasteiger partial charge in [-0.05, 0) is 36.6 Å². The molecule has 0 unspecified atom stereocenters. The van der Waals surface area contributed by atoms with Crippen LogP contribution in [0.15, 0.2) is 36.5 Å². The van der Waals surface area contributed by atoms with Gasteiger partial charge in [0.05, 0.1) is 12.2 Å². The van der Waals surface area contributed by atoms with E-state index in [0.717, 1.165) is 30.6 Å². The maximum atomic E-state index is 12.2. The van der Waals surface area contributed by atoms with Gasteiger partial charge in [-0.1, -0.05) is 12.1 Å². The lowest BCUT2D eigenvalue weighted by atomic mass is 10.1. The van der Waals surface area contributed by atoms with Gasteiger partial charge in [-0.3, -0.25) is 14.3 Å². The van der Waals surface area contributed by atoms with Gasteiger partial charge in [0, 0.05) is 38.3 Å². The molecule has 1 N–H and O–H groups in total. The van der Waals surface area contributed by atoms with Crippen molar-refractivity contribution >= 4 is 11.8 Å². The summed E-state index contributed by atoms with van der Waals surface area (Å²) >= 11 is 0. The monoisotopic (exact) mass is 326 g/mol. The summed E-state index contributed by atoms with van der Waals surface area (Å²) in [4.78, 5) is 25.9. The predicted molar refractivity (Wildman–Crippen MR) is 90.1 cm³/mol. The van der Waals surface area contributed by atoms with Crippen LogP contribution in [0.2, 0.25) is 0 Å². The number of aryl methyl sites for hydroxylation is 1. The summed E-state index contributed by atoms with van der Waals surface area (Å²) in [7, 11) is 1.85. The van der Waals surface area contributed by atoms with E-state index in [1.165, 1.54) is 0 Å². The summed E-state index contributed by atoms with van der Waals surface area (Å²) < 4.78 is 1.74. The van der Waals surface area contributed by atoms with E-state index in [1.807, 2.05) is 42.3 Å². The highest BCUT2D eigenvalue weighted by molar-refractivity contribution is 5.94. The third-order valence-electron chi connectivity index (χ3n) is 4.36. The summed E-state index contributed by atoms with van der Waals surface area (Å²) in [5, 5.41) is 6.96. The van der Waals surface area contributed by atoms with Crippen LogP contribution in [0.25, 0.3) is 0 Å². The van der Waals surface area contributed by atoms with E-state index < -0.39 is 0 Å². The molecule has 3 rings (SSSR count). The number of nitrogens with one attached hydrogen (secondary N) is 1. The first kappa shape index (κ1) is 16.2. The second kappa shape index (κ2) is 7.29. The number of likely N-dealkylation sites (tertiary alicyclic amines) is 1. The molecule has 0 saturated carbocycles. The Balaban J connectivity index is 1.56. The minimum absolute atomic E-state index is 0.114. The number of carbonyl (C=O) groups excluding carboxylic acids is 2. The Hall–Kier alpha value is -2.63. The van der Waals surface area contributed by atoms with Crippen LogP contribution in [0.1, 0.15) is 40.9 Å². The number of hydrogen-bond donors (Lipinski definition) is 1. The van der Waals surface area contributed by atoms with E-state index in [-0.39, 0.29) is 11.8 Å². The van der Waals surface area contributed by atoms with E-state index in [1.54, 1.807) is 10.9 Å². The average molecular weight is 326 g/mol. The molecule has 6 heteroatoms. The highest BCUT2D eigenvalue weighted by Gasteiger charge is 2.18. The van der Waals surface area contributed by atoms with Gasteiger partial charge >= 0.3 is 0 Å². The fourth-order valence-electron chi connectivity index (χ4n) is 2.86. The van der Waals surface area contributed by atoms with Gasteiger partial charge in [-0.25, -0.2) is 0 Å². The van der Waals surface area contributed by atoms with Gasteiger partial charge < -0.3 is 10.2 Å². The highest BCUT2D eigenvalue weighted by atomic mass is 16.2. The molecule has 2 aromatic rings. The van der Waals surface area contributed by atoms with Gasteiger partial charge in [0.1, 0.15) is 0 Å². The molecule has 0 radical (unpaired) electrons. The lowest BCUT2D eigenvalue weighted by molar-refractivity contribution is -0.133. The number of aromatic nitrogens is 2. The van der Waals surface area contributed by atoms with Crippen LogP contribution < -0.4 is 5.32 Å². The lowest BCUT2D eigenvalue weighted by Gasteiger charge is -2.26. The first-order chi connectivity index (χ1) is 11.6. The van der Waals surface area contributed by atoms with Crippen molar-refractivity contribution in [1.29, 1.82) is 0 Å². The van der Waals surface area contributed by atoms with Crippen molar-refractivity contribution in [2.75, 3.05) is 6.54 Å². The SMILES string of the molecule is Cn1nccc1CNC(=O)c1ccc(CN2CCCCC2=O)cc1. The largest absolute Gasteiger partial charge is 0.346 e. The lowest BCUT2D eigenvalue weighted by Crippen LogP contribution is -2.34. The minimum atomic E-state index is -0.114. The molecule has 1 fully saturated rings. The standard InChI is InChI=1S/C18H22N4O2/c1-21-16(9-10-20-21)12-19-18(24)15-7-5-14(6-8-15)13-22-11-3-2-4-17(22)23/h5-10H,2-4,11-13H2,1H3,(H,19,24). The molecule has 126 valence electrons. The van der Waals surface area contributed by atoms with Gasteiger partial charge in [0.25, 0.3) is 5.91 Å². The molecule has 6 nitrogen and oxygen atoms in total. The first-order valence-corrected chi connectivity index (χ1v) is 8.25. The molecule has 0 aliphatic carbocycles. The number of rotatable bonds is 5. The Bertz CT molecular complexity index is 721. The molecule has 0 spiro atoms. The van der Waals surface area contributed by atoms with E-state index in [0.29, 0.717) is 25.1 Å². The van der Waals surface area contributed by atoms with Crippen molar-refractivity contribution in [3.63, 3.8) is 0 Å². The molecule has 0 atom stereocenters. The fourth-order valence-corrected chi connectivity index (χ4v) is 2.86. The summed E-state index contributed by atoms with van der Waals surface area (Å²) in [6, 6.07) is 9.32. The second-order valence-corrected chi connectivity index (χ2v) is 6.10. The topological polar surface area (TPSA) is 67.2 Å². The maximum absolute atomic E-state index is 12.2. The van der Waals surface area contributed by atoms with Crippen LogP contribution in [-0.4, -0.2) is 33.0 Å². The van der Waals surface area contributed by atoms with Crippen LogP contribution in [0.3, 0.4) is 0 Å². The Morgan fingerprint density at radius 2 is 2.00 bits per heavy atom. The van der Waals surface area contributed by atoms with Crippen molar-refractivity contribution < 1.29 is 9.59 Å². The molecule has 1 aliphatic heterocycles. The molecular formula is C18H22N4O2. The third-order valence-corrected chi connectivity index (χ3v) is 4.36. The number of nitrogens with zero attached hydrogens (tertiary/aromatic N) is 3. The Morgan fingerprint density at radius 1 is 1.21 bits per heavy atom. The highest BCUT2D eigenvalue weighted by Crippen LogP contribution is 2.15. The Labute approximate surface area is 141 Å². The van der Waals surface area contributed by atoms with Gasteiger partial charge in [0.2, 0.25) is 5.91 Å². The van der Waals surface area contributed by atoms with Gasteiger partial charge in [-0.2, -0.15) is 5.10 Å². The van der Waals surface area contributed by atoms with Crippen LogP contribution in [-0.2, 0) is 24.9 Å². The molecule has 0 bridgehead atoms. The quantitative estimate of drug-likeness (QED) is 0.912. The number of hydrogen-bond acceptors (Lipinski definition) is 3. The van der Waals surface area contributed by atoms with E-state index in [4.69, 9.17) is 0 Å². The van der Waals surface area contributed by atoms with Crippen LogP contribution in [0.5, 0.6) is 0 Å². The van der Waals surface area contributed by atoms with Crippen LogP contribution >= 0.6 is 0 Å². The van der Waals surface area contributed by atoms with Crippen molar-refractivity contribution in [2.24, 2.45) is 7.05 Å². The predicted octanol–water partition coefficient (Wildman–Crippen LogP) is 1.86. The zero-order valence-electron chi connectivity index (χ0n) is 13.9. The first-order valence-electron chi connectivity index (χ1n) is 8.25. The molecule has 24 heavy (non-hydrogen) atoms. The van der Waals surface area contributed by atoms with E-state index >= 15 is 0 Å². The van der Waals surface area contributed by atoms with Crippen LogP contribution in [0, 0.1) is 0 Å². The Kier molecular flexibility index (Phi) is 4.93. The number of benzene rings is 1. The van der Waals surface area contributed by atoms with Crippen molar-refractivity contribution in [3.05, 3.63) is 53.3 Å². The summed E-state index contributed by atoms with van der Waals surface area (Å²) in [6.45, 7) is 1.89. The summed E-state index contributed by atoms with van der Waals surface area (Å²) in [5.41, 5.74) is 2.61. The van der Waals surface area contributed by atoms with Crippen molar-refractivity contribution in [2.45, 2.75) is 32.4 Å². The van der Waals surface area contributed by atoms with E-state index in [2.05, 4.69) is 10.4 Å². The minimum Gasteiger partial charge on any atom is -0.346 e. The molecule has 2 heterocycles. The van der Waals surface area contributed by atoms with E-state index in [9.17, 15) is 9.59 Å². The van der Waals surface area contributed by atoms with Gasteiger partial charge in [-0.15, -0.1) is 0 Å². The van der Waals surface area contributed by atoms with Crippen molar-refractivity contribution in [3.8, 4) is 0 Å². The van der Waals surface area contributed by atoms with Crippen LogP contribution in [0.4, 0.5) is 0 Å². The third kappa shape index (κ3) is 3.82. The molecule has 1 saturated heterocycles. The van der Waals surface area contributed by atoms with Gasteiger partial charge in [0.15, 0.2) is 0 Å². The van der Waals surface area contributed by atoms with Crippen molar-refractivity contribution in [1.82, 2.24) is 20.0 Å². The molecule has 1 aromatic carbocycles.